The number of amides is 1. The van der Waals surface area contributed by atoms with Gasteiger partial charge in [0.05, 0.1) is 17.1 Å². The monoisotopic (exact) mass is 289 g/mol. The van der Waals surface area contributed by atoms with Crippen LogP contribution in [0.5, 0.6) is 0 Å². The van der Waals surface area contributed by atoms with E-state index in [-0.39, 0.29) is 11.9 Å². The fourth-order valence-electron chi connectivity index (χ4n) is 2.67. The molecule has 2 atom stereocenters. The van der Waals surface area contributed by atoms with Crippen molar-refractivity contribution in [2.24, 2.45) is 5.92 Å². The molecule has 0 aliphatic heterocycles. The third-order valence-corrected chi connectivity index (χ3v) is 5.16. The van der Waals surface area contributed by atoms with Crippen LogP contribution in [0, 0.1) is 5.92 Å². The van der Waals surface area contributed by atoms with Gasteiger partial charge in [0.25, 0.3) is 5.91 Å². The molecule has 0 fully saturated rings. The summed E-state index contributed by atoms with van der Waals surface area (Å²) in [6.45, 7) is 4.25. The van der Waals surface area contributed by atoms with Crippen LogP contribution in [0.3, 0.4) is 0 Å². The Balaban J connectivity index is 1.72. The first-order valence-corrected chi connectivity index (χ1v) is 7.86. The second kappa shape index (κ2) is 5.40. The van der Waals surface area contributed by atoms with Crippen molar-refractivity contribution >= 4 is 17.2 Å². The fourth-order valence-corrected chi connectivity index (χ4v) is 3.78. The Hall–Kier alpha value is -1.62. The molecule has 2 aromatic heterocycles. The van der Waals surface area contributed by atoms with E-state index in [0.29, 0.717) is 0 Å². The third kappa shape index (κ3) is 2.63. The maximum Gasteiger partial charge on any atom is 0.261 e. The van der Waals surface area contributed by atoms with Gasteiger partial charge in [-0.1, -0.05) is 6.92 Å². The number of rotatable bonds is 3. The summed E-state index contributed by atoms with van der Waals surface area (Å²) in [7, 11) is 0. The van der Waals surface area contributed by atoms with Crippen molar-refractivity contribution in [3.05, 3.63) is 39.3 Å². The average Bonchev–Trinajstić information content (AvgIpc) is 3.07. The number of nitrogens with one attached hydrogen (secondary N) is 2. The van der Waals surface area contributed by atoms with Gasteiger partial charge < -0.3 is 5.32 Å². The van der Waals surface area contributed by atoms with Crippen molar-refractivity contribution in [2.45, 2.75) is 39.2 Å². The van der Waals surface area contributed by atoms with Crippen LogP contribution in [-0.2, 0) is 12.8 Å². The molecule has 1 amide bonds. The predicted octanol–water partition coefficient (Wildman–Crippen LogP) is 3.09. The highest BCUT2D eigenvalue weighted by Crippen LogP contribution is 2.32. The lowest BCUT2D eigenvalue weighted by molar-refractivity contribution is 0.0944. The zero-order valence-corrected chi connectivity index (χ0v) is 12.6. The lowest BCUT2D eigenvalue weighted by Crippen LogP contribution is -2.25. The number of hydrogen-bond donors (Lipinski definition) is 2. The molecule has 2 N–H and O–H groups in total. The number of fused-ring (bicyclic) bond motifs is 1. The molecule has 2 unspecified atom stereocenters. The van der Waals surface area contributed by atoms with Gasteiger partial charge in [-0.25, -0.2) is 0 Å². The van der Waals surface area contributed by atoms with Crippen LogP contribution in [0.15, 0.2) is 18.5 Å². The summed E-state index contributed by atoms with van der Waals surface area (Å²) in [6, 6.07) is 2.05. The molecule has 0 saturated carbocycles. The van der Waals surface area contributed by atoms with E-state index in [1.807, 2.05) is 13.1 Å². The largest absolute Gasteiger partial charge is 0.345 e. The molecule has 1 aliphatic carbocycles. The van der Waals surface area contributed by atoms with Crippen molar-refractivity contribution in [1.29, 1.82) is 0 Å². The molecular weight excluding hydrogens is 270 g/mol. The first kappa shape index (κ1) is 13.4. The molecule has 20 heavy (non-hydrogen) atoms. The quantitative estimate of drug-likeness (QED) is 0.912. The topological polar surface area (TPSA) is 57.8 Å². The predicted molar refractivity (Wildman–Crippen MR) is 80.0 cm³/mol. The number of hydrogen-bond acceptors (Lipinski definition) is 3. The smallest absolute Gasteiger partial charge is 0.261 e. The standard InChI is InChI=1S/C15H19N3OS/c1-9-3-4-13-11(5-9)6-14(20-13)15(19)18-10(2)12-7-16-17-8-12/h6-10H,3-5H2,1-2H3,(H,16,17)(H,18,19). The summed E-state index contributed by atoms with van der Waals surface area (Å²) in [5.41, 5.74) is 2.36. The van der Waals surface area contributed by atoms with Crippen LogP contribution in [0.1, 0.15) is 52.0 Å². The van der Waals surface area contributed by atoms with Crippen molar-refractivity contribution in [2.75, 3.05) is 0 Å². The van der Waals surface area contributed by atoms with E-state index in [0.717, 1.165) is 29.2 Å². The summed E-state index contributed by atoms with van der Waals surface area (Å²) >= 11 is 1.65. The van der Waals surface area contributed by atoms with Gasteiger partial charge in [-0.3, -0.25) is 9.89 Å². The Morgan fingerprint density at radius 1 is 1.60 bits per heavy atom. The third-order valence-electron chi connectivity index (χ3n) is 3.92. The molecule has 0 spiro atoms. The maximum atomic E-state index is 12.3. The van der Waals surface area contributed by atoms with Crippen LogP contribution < -0.4 is 5.32 Å². The second-order valence-corrected chi connectivity index (χ2v) is 6.77. The first-order valence-electron chi connectivity index (χ1n) is 7.04. The van der Waals surface area contributed by atoms with E-state index in [2.05, 4.69) is 28.5 Å². The Morgan fingerprint density at radius 3 is 3.20 bits per heavy atom. The number of aromatic nitrogens is 2. The Labute approximate surface area is 122 Å². The van der Waals surface area contributed by atoms with E-state index in [1.165, 1.54) is 16.9 Å². The van der Waals surface area contributed by atoms with E-state index >= 15 is 0 Å². The van der Waals surface area contributed by atoms with Gasteiger partial charge in [0.2, 0.25) is 0 Å². The highest BCUT2D eigenvalue weighted by atomic mass is 32.1. The lowest BCUT2D eigenvalue weighted by Gasteiger charge is -2.16. The minimum absolute atomic E-state index is 0.0192. The van der Waals surface area contributed by atoms with Crippen molar-refractivity contribution in [1.82, 2.24) is 15.5 Å². The highest BCUT2D eigenvalue weighted by Gasteiger charge is 2.21. The average molecular weight is 289 g/mol. The van der Waals surface area contributed by atoms with Crippen molar-refractivity contribution in [3.63, 3.8) is 0 Å². The summed E-state index contributed by atoms with van der Waals surface area (Å²) in [5, 5.41) is 9.71. The number of thiophene rings is 1. The Morgan fingerprint density at radius 2 is 2.45 bits per heavy atom. The number of H-pyrrole nitrogens is 1. The SMILES string of the molecule is CC1CCc2sc(C(=O)NC(C)c3cn[nH]c3)cc2C1. The van der Waals surface area contributed by atoms with Crippen LogP contribution in [0.25, 0.3) is 0 Å². The lowest BCUT2D eigenvalue weighted by atomic mass is 9.90. The Kier molecular flexibility index (Phi) is 3.61. The number of aromatic amines is 1. The van der Waals surface area contributed by atoms with Crippen LogP contribution >= 0.6 is 11.3 Å². The molecule has 0 aromatic carbocycles. The molecule has 0 radical (unpaired) electrons. The molecule has 2 heterocycles. The zero-order chi connectivity index (χ0) is 14.1. The van der Waals surface area contributed by atoms with E-state index < -0.39 is 0 Å². The Bertz CT molecular complexity index is 603. The maximum absolute atomic E-state index is 12.3. The minimum atomic E-state index is -0.0284. The molecule has 2 aromatic rings. The van der Waals surface area contributed by atoms with Gasteiger partial charge in [0, 0.05) is 16.6 Å². The van der Waals surface area contributed by atoms with Gasteiger partial charge >= 0.3 is 0 Å². The van der Waals surface area contributed by atoms with E-state index in [1.54, 1.807) is 17.5 Å². The molecule has 3 rings (SSSR count). The first-order chi connectivity index (χ1) is 9.63. The van der Waals surface area contributed by atoms with Gasteiger partial charge in [0.15, 0.2) is 0 Å². The summed E-state index contributed by atoms with van der Waals surface area (Å²) in [4.78, 5) is 14.5. The summed E-state index contributed by atoms with van der Waals surface area (Å²) < 4.78 is 0. The van der Waals surface area contributed by atoms with Crippen LogP contribution in [-0.4, -0.2) is 16.1 Å². The van der Waals surface area contributed by atoms with Crippen molar-refractivity contribution in [3.8, 4) is 0 Å². The summed E-state index contributed by atoms with van der Waals surface area (Å²) in [5.74, 6) is 0.753. The van der Waals surface area contributed by atoms with Gasteiger partial charge in [-0.05, 0) is 43.7 Å². The van der Waals surface area contributed by atoms with Gasteiger partial charge in [0.1, 0.15) is 0 Å². The molecule has 4 nitrogen and oxygen atoms in total. The molecule has 5 heteroatoms. The van der Waals surface area contributed by atoms with Crippen LogP contribution in [0.2, 0.25) is 0 Å². The number of nitrogens with zero attached hydrogens (tertiary/aromatic N) is 1. The molecular formula is C15H19N3OS. The van der Waals surface area contributed by atoms with Gasteiger partial charge in [-0.15, -0.1) is 11.3 Å². The van der Waals surface area contributed by atoms with Crippen molar-refractivity contribution < 1.29 is 4.79 Å². The fraction of sp³-hybridized carbons (Fsp3) is 0.467. The highest BCUT2D eigenvalue weighted by molar-refractivity contribution is 7.14. The minimum Gasteiger partial charge on any atom is -0.345 e. The van der Waals surface area contributed by atoms with E-state index in [4.69, 9.17) is 0 Å². The van der Waals surface area contributed by atoms with E-state index in [9.17, 15) is 4.79 Å². The number of carbonyl (C=O) groups excluding carboxylic acids is 1. The molecule has 106 valence electrons. The number of carbonyl (C=O) groups is 1. The molecule has 1 aliphatic rings. The molecule has 0 saturated heterocycles. The zero-order valence-electron chi connectivity index (χ0n) is 11.8. The second-order valence-electron chi connectivity index (χ2n) is 5.63. The normalized spacial score (nSPS) is 19.4. The summed E-state index contributed by atoms with van der Waals surface area (Å²) in [6.07, 6.45) is 7.01. The molecule has 0 bridgehead atoms. The van der Waals surface area contributed by atoms with Crippen LogP contribution in [0.4, 0.5) is 0 Å². The number of aryl methyl sites for hydroxylation is 1. The van der Waals surface area contributed by atoms with Gasteiger partial charge in [-0.2, -0.15) is 5.10 Å².